The van der Waals surface area contributed by atoms with Gasteiger partial charge in [0.1, 0.15) is 5.82 Å². The minimum Gasteiger partial charge on any atom is -0.454 e. The van der Waals surface area contributed by atoms with Gasteiger partial charge in [0.25, 0.3) is 0 Å². The topological polar surface area (TPSA) is 39.5 Å². The summed E-state index contributed by atoms with van der Waals surface area (Å²) >= 11 is 0. The fourth-order valence-electron chi connectivity index (χ4n) is 4.67. The number of ether oxygens (including phenoxy) is 2. The molecule has 0 bridgehead atoms. The molecule has 1 aliphatic heterocycles. The van der Waals surface area contributed by atoms with E-state index < -0.39 is 0 Å². The highest BCUT2D eigenvalue weighted by molar-refractivity contribution is 5.55. The second-order valence-electron chi connectivity index (χ2n) is 9.10. The molecule has 1 aromatic heterocycles. The van der Waals surface area contributed by atoms with Crippen LogP contribution >= 0.6 is 0 Å². The molecule has 3 aromatic rings. The third-order valence-corrected chi connectivity index (χ3v) is 6.68. The smallest absolute Gasteiger partial charge is 0.231 e. The quantitative estimate of drug-likeness (QED) is 0.402. The first-order valence-corrected chi connectivity index (χ1v) is 12.0. The summed E-state index contributed by atoms with van der Waals surface area (Å²) in [6.45, 7) is 6.54. The molecule has 32 heavy (non-hydrogen) atoms. The number of hydrogen-bond donors (Lipinski definition) is 0. The molecular weight excluding hydrogens is 398 g/mol. The van der Waals surface area contributed by atoms with E-state index in [1.54, 1.807) is 0 Å². The highest BCUT2D eigenvalue weighted by Gasteiger charge is 2.23. The SMILES string of the molecule is CCCCn1c(CN(Cc2ccc3c(c2)OCO3)CC2CCC2)cnc1-c1ccccc1. The number of hydrogen-bond acceptors (Lipinski definition) is 4. The Morgan fingerprint density at radius 3 is 2.66 bits per heavy atom. The minimum absolute atomic E-state index is 0.323. The Morgan fingerprint density at radius 1 is 1.03 bits per heavy atom. The van der Waals surface area contributed by atoms with Crippen LogP contribution in [0.1, 0.15) is 50.3 Å². The van der Waals surface area contributed by atoms with Crippen molar-refractivity contribution in [2.75, 3.05) is 13.3 Å². The fraction of sp³-hybridized carbons (Fsp3) is 0.444. The van der Waals surface area contributed by atoms with E-state index in [0.717, 1.165) is 55.8 Å². The van der Waals surface area contributed by atoms with Crippen molar-refractivity contribution < 1.29 is 9.47 Å². The van der Waals surface area contributed by atoms with Crippen molar-refractivity contribution in [3.63, 3.8) is 0 Å². The summed E-state index contributed by atoms with van der Waals surface area (Å²) in [7, 11) is 0. The average molecular weight is 432 g/mol. The number of imidazole rings is 1. The van der Waals surface area contributed by atoms with Gasteiger partial charge in [-0.15, -0.1) is 0 Å². The maximum atomic E-state index is 5.61. The van der Waals surface area contributed by atoms with Gasteiger partial charge in [-0.2, -0.15) is 0 Å². The second-order valence-corrected chi connectivity index (χ2v) is 9.10. The van der Waals surface area contributed by atoms with E-state index in [1.165, 1.54) is 42.5 Å². The third kappa shape index (κ3) is 4.68. The predicted molar refractivity (Wildman–Crippen MR) is 127 cm³/mol. The number of aromatic nitrogens is 2. The molecule has 1 saturated carbocycles. The fourth-order valence-corrected chi connectivity index (χ4v) is 4.67. The highest BCUT2D eigenvalue weighted by Crippen LogP contribution is 2.34. The molecule has 0 saturated heterocycles. The van der Waals surface area contributed by atoms with Crippen LogP contribution in [0.2, 0.25) is 0 Å². The van der Waals surface area contributed by atoms with Crippen LogP contribution in [0.15, 0.2) is 54.7 Å². The van der Waals surface area contributed by atoms with Crippen molar-refractivity contribution in [2.45, 2.75) is 58.7 Å². The third-order valence-electron chi connectivity index (χ3n) is 6.68. The summed E-state index contributed by atoms with van der Waals surface area (Å²) in [5.74, 6) is 3.61. The Balaban J connectivity index is 1.39. The summed E-state index contributed by atoms with van der Waals surface area (Å²) in [5, 5.41) is 0. The van der Waals surface area contributed by atoms with Crippen LogP contribution in [0.25, 0.3) is 11.4 Å². The molecule has 5 nitrogen and oxygen atoms in total. The molecule has 5 rings (SSSR count). The number of fused-ring (bicyclic) bond motifs is 1. The first-order valence-electron chi connectivity index (χ1n) is 12.0. The molecule has 0 amide bonds. The van der Waals surface area contributed by atoms with Gasteiger partial charge in [0.2, 0.25) is 6.79 Å². The monoisotopic (exact) mass is 431 g/mol. The molecule has 2 heterocycles. The lowest BCUT2D eigenvalue weighted by molar-refractivity contribution is 0.161. The zero-order valence-corrected chi connectivity index (χ0v) is 19.0. The van der Waals surface area contributed by atoms with Gasteiger partial charge >= 0.3 is 0 Å². The van der Waals surface area contributed by atoms with Crippen molar-refractivity contribution in [2.24, 2.45) is 5.92 Å². The average Bonchev–Trinajstić information content (AvgIpc) is 3.41. The van der Waals surface area contributed by atoms with Crippen LogP contribution in [0.4, 0.5) is 0 Å². The number of benzene rings is 2. The Labute approximate surface area is 191 Å². The Morgan fingerprint density at radius 2 is 1.88 bits per heavy atom. The predicted octanol–water partition coefficient (Wildman–Crippen LogP) is 5.88. The molecule has 1 aliphatic carbocycles. The van der Waals surface area contributed by atoms with Crippen molar-refractivity contribution in [1.82, 2.24) is 14.5 Å². The van der Waals surface area contributed by atoms with Gasteiger partial charge in [0.05, 0.1) is 11.9 Å². The lowest BCUT2D eigenvalue weighted by atomic mass is 9.85. The molecule has 0 radical (unpaired) electrons. The lowest BCUT2D eigenvalue weighted by Crippen LogP contribution is -2.32. The summed E-state index contributed by atoms with van der Waals surface area (Å²) in [6.07, 6.45) is 8.49. The van der Waals surface area contributed by atoms with Gasteiger partial charge < -0.3 is 14.0 Å². The molecule has 0 spiro atoms. The van der Waals surface area contributed by atoms with Crippen molar-refractivity contribution in [3.8, 4) is 22.9 Å². The molecule has 0 unspecified atom stereocenters. The van der Waals surface area contributed by atoms with Crippen LogP contribution in [-0.2, 0) is 19.6 Å². The van der Waals surface area contributed by atoms with Crippen LogP contribution in [-0.4, -0.2) is 27.8 Å². The highest BCUT2D eigenvalue weighted by atomic mass is 16.7. The number of nitrogens with zero attached hydrogens (tertiary/aromatic N) is 3. The standard InChI is InChI=1S/C27H33N3O2/c1-2-3-14-30-24(16-28-27(30)23-10-5-4-6-11-23)19-29(17-21-8-7-9-21)18-22-12-13-25-26(15-22)32-20-31-25/h4-6,10-13,15-16,21H,2-3,7-9,14,17-20H2,1H3. The van der Waals surface area contributed by atoms with E-state index >= 15 is 0 Å². The zero-order chi connectivity index (χ0) is 21.8. The van der Waals surface area contributed by atoms with Gasteiger partial charge in [-0.1, -0.05) is 56.2 Å². The molecule has 5 heteroatoms. The first-order chi connectivity index (χ1) is 15.8. The maximum Gasteiger partial charge on any atom is 0.231 e. The molecule has 0 N–H and O–H groups in total. The minimum atomic E-state index is 0.323. The van der Waals surface area contributed by atoms with E-state index in [1.807, 2.05) is 6.07 Å². The van der Waals surface area contributed by atoms with Crippen LogP contribution in [0, 0.1) is 5.92 Å². The Bertz CT molecular complexity index is 1030. The maximum absolute atomic E-state index is 5.61. The van der Waals surface area contributed by atoms with Gasteiger partial charge in [0.15, 0.2) is 11.5 Å². The normalized spacial score (nSPS) is 15.3. The summed E-state index contributed by atoms with van der Waals surface area (Å²) in [4.78, 5) is 7.45. The van der Waals surface area contributed by atoms with Gasteiger partial charge in [0, 0.05) is 31.7 Å². The summed E-state index contributed by atoms with van der Waals surface area (Å²) < 4.78 is 13.5. The van der Waals surface area contributed by atoms with E-state index in [9.17, 15) is 0 Å². The van der Waals surface area contributed by atoms with Gasteiger partial charge in [-0.3, -0.25) is 4.90 Å². The second kappa shape index (κ2) is 9.78. The Hall–Kier alpha value is -2.79. The molecular formula is C27H33N3O2. The number of unbranched alkanes of at least 4 members (excludes halogenated alkanes) is 1. The largest absolute Gasteiger partial charge is 0.454 e. The molecule has 2 aliphatic rings. The van der Waals surface area contributed by atoms with E-state index in [-0.39, 0.29) is 0 Å². The first kappa shape index (κ1) is 21.1. The van der Waals surface area contributed by atoms with Crippen LogP contribution < -0.4 is 9.47 Å². The van der Waals surface area contributed by atoms with Gasteiger partial charge in [-0.05, 0) is 42.9 Å². The van der Waals surface area contributed by atoms with E-state index in [4.69, 9.17) is 14.5 Å². The van der Waals surface area contributed by atoms with E-state index in [0.29, 0.717) is 6.79 Å². The summed E-state index contributed by atoms with van der Waals surface area (Å²) in [6, 6.07) is 16.9. The number of rotatable bonds is 10. The van der Waals surface area contributed by atoms with Gasteiger partial charge in [-0.25, -0.2) is 4.98 Å². The lowest BCUT2D eigenvalue weighted by Gasteiger charge is -2.32. The Kier molecular flexibility index (Phi) is 6.44. The zero-order valence-electron chi connectivity index (χ0n) is 19.0. The van der Waals surface area contributed by atoms with Crippen molar-refractivity contribution in [3.05, 3.63) is 66.0 Å². The van der Waals surface area contributed by atoms with E-state index in [2.05, 4.69) is 65.1 Å². The van der Waals surface area contributed by atoms with Crippen LogP contribution in [0.3, 0.4) is 0 Å². The molecule has 168 valence electrons. The molecule has 0 atom stereocenters. The van der Waals surface area contributed by atoms with Crippen LogP contribution in [0.5, 0.6) is 11.5 Å². The molecule has 1 fully saturated rings. The van der Waals surface area contributed by atoms with Crippen molar-refractivity contribution in [1.29, 1.82) is 0 Å². The summed E-state index contributed by atoms with van der Waals surface area (Å²) in [5.41, 5.74) is 3.77. The van der Waals surface area contributed by atoms with Crippen molar-refractivity contribution >= 4 is 0 Å². The molecule has 2 aromatic carbocycles.